The largest absolute Gasteiger partial charge is 0.325 e. The zero-order valence-electron chi connectivity index (χ0n) is 12.4. The highest BCUT2D eigenvalue weighted by molar-refractivity contribution is 5.60. The number of halogens is 2. The number of hydrogen-bond donors (Lipinski definition) is 1. The second kappa shape index (κ2) is 6.63. The highest BCUT2D eigenvalue weighted by Crippen LogP contribution is 2.27. The molecule has 2 rings (SSSR count). The number of hydrogen-bond acceptors (Lipinski definition) is 3. The van der Waals surface area contributed by atoms with E-state index in [1.165, 1.54) is 17.2 Å². The van der Waals surface area contributed by atoms with Crippen molar-refractivity contribution < 1.29 is 8.78 Å². The maximum atomic E-state index is 14.5. The van der Waals surface area contributed by atoms with E-state index in [1.54, 1.807) is 31.3 Å². The van der Waals surface area contributed by atoms with Gasteiger partial charge in [-0.25, -0.2) is 13.8 Å². The smallest absolute Gasteiger partial charge is 0.170 e. The van der Waals surface area contributed by atoms with Crippen molar-refractivity contribution in [1.82, 2.24) is 10.3 Å². The van der Waals surface area contributed by atoms with Crippen LogP contribution >= 0.6 is 0 Å². The second-order valence-corrected chi connectivity index (χ2v) is 5.15. The molecule has 0 aliphatic heterocycles. The highest BCUT2D eigenvalue weighted by atomic mass is 19.1. The highest BCUT2D eigenvalue weighted by Gasteiger charge is 2.16. The number of benzene rings is 1. The minimum Gasteiger partial charge on any atom is -0.325 e. The van der Waals surface area contributed by atoms with Crippen LogP contribution in [0.25, 0.3) is 0 Å². The van der Waals surface area contributed by atoms with Gasteiger partial charge in [0.25, 0.3) is 0 Å². The Labute approximate surface area is 123 Å². The number of para-hydroxylation sites is 1. The molecule has 0 saturated heterocycles. The molecule has 0 saturated carbocycles. The molecule has 0 atom stereocenters. The molecule has 21 heavy (non-hydrogen) atoms. The lowest BCUT2D eigenvalue weighted by molar-refractivity contribution is 0.550. The predicted molar refractivity (Wildman–Crippen MR) is 80.6 cm³/mol. The maximum Gasteiger partial charge on any atom is 0.170 e. The molecular formula is C16H19F2N3. The number of pyridine rings is 1. The lowest BCUT2D eigenvalue weighted by atomic mass is 10.2. The molecule has 3 nitrogen and oxygen atoms in total. The van der Waals surface area contributed by atoms with Crippen LogP contribution in [0.4, 0.5) is 20.3 Å². The summed E-state index contributed by atoms with van der Waals surface area (Å²) < 4.78 is 28.3. The molecule has 0 unspecified atom stereocenters. The molecule has 1 aromatic carbocycles. The molecule has 1 heterocycles. The Morgan fingerprint density at radius 3 is 2.57 bits per heavy atom. The Morgan fingerprint density at radius 2 is 1.90 bits per heavy atom. The van der Waals surface area contributed by atoms with Gasteiger partial charge in [-0.05, 0) is 18.2 Å². The minimum atomic E-state index is -0.434. The van der Waals surface area contributed by atoms with Crippen LogP contribution in [-0.4, -0.2) is 18.1 Å². The van der Waals surface area contributed by atoms with Crippen LogP contribution in [0.15, 0.2) is 36.5 Å². The second-order valence-electron chi connectivity index (χ2n) is 5.15. The fourth-order valence-corrected chi connectivity index (χ4v) is 1.99. The first kappa shape index (κ1) is 15.4. The Hall–Kier alpha value is -2.01. The number of aromatic nitrogens is 1. The molecule has 0 spiro atoms. The van der Waals surface area contributed by atoms with Crippen LogP contribution in [0.5, 0.6) is 0 Å². The predicted octanol–water partition coefficient (Wildman–Crippen LogP) is 3.63. The lowest BCUT2D eigenvalue weighted by Gasteiger charge is -2.20. The molecule has 112 valence electrons. The normalized spacial score (nSPS) is 11.0. The standard InChI is InChI=1S/C16H19F2N3/c1-11(2)20-10-12-8-9-19-16(15(12)18)21(3)14-7-5-4-6-13(14)17/h4-9,11,20H,10H2,1-3H3. The quantitative estimate of drug-likeness (QED) is 0.912. The maximum absolute atomic E-state index is 14.5. The van der Waals surface area contributed by atoms with E-state index in [2.05, 4.69) is 10.3 Å². The van der Waals surface area contributed by atoms with Crippen molar-refractivity contribution in [1.29, 1.82) is 0 Å². The summed E-state index contributed by atoms with van der Waals surface area (Å²) in [5, 5.41) is 3.16. The van der Waals surface area contributed by atoms with Gasteiger partial charge in [-0.2, -0.15) is 0 Å². The molecule has 2 aromatic rings. The first-order valence-electron chi connectivity index (χ1n) is 6.85. The van der Waals surface area contributed by atoms with Gasteiger partial charge in [0.2, 0.25) is 0 Å². The third-order valence-electron chi connectivity index (χ3n) is 3.18. The Balaban J connectivity index is 2.32. The van der Waals surface area contributed by atoms with Crippen molar-refractivity contribution in [3.8, 4) is 0 Å². The first-order chi connectivity index (χ1) is 10.0. The zero-order chi connectivity index (χ0) is 15.4. The molecule has 1 aromatic heterocycles. The number of nitrogens with zero attached hydrogens (tertiary/aromatic N) is 2. The summed E-state index contributed by atoms with van der Waals surface area (Å²) in [6.07, 6.45) is 1.53. The molecule has 0 aliphatic carbocycles. The molecule has 0 amide bonds. The summed E-state index contributed by atoms with van der Waals surface area (Å²) in [7, 11) is 1.60. The van der Waals surface area contributed by atoms with E-state index < -0.39 is 11.6 Å². The fraction of sp³-hybridized carbons (Fsp3) is 0.312. The van der Waals surface area contributed by atoms with Gasteiger partial charge >= 0.3 is 0 Å². The van der Waals surface area contributed by atoms with Gasteiger partial charge in [0.05, 0.1) is 5.69 Å². The van der Waals surface area contributed by atoms with Gasteiger partial charge in [0, 0.05) is 31.4 Å². The third-order valence-corrected chi connectivity index (χ3v) is 3.18. The topological polar surface area (TPSA) is 28.2 Å². The van der Waals surface area contributed by atoms with Crippen molar-refractivity contribution >= 4 is 11.5 Å². The number of rotatable bonds is 5. The van der Waals surface area contributed by atoms with Crippen molar-refractivity contribution in [2.24, 2.45) is 0 Å². The summed E-state index contributed by atoms with van der Waals surface area (Å²) >= 11 is 0. The molecule has 1 N–H and O–H groups in total. The summed E-state index contributed by atoms with van der Waals surface area (Å²) in [5.74, 6) is -0.730. The molecule has 0 aliphatic rings. The molecule has 0 bridgehead atoms. The summed E-state index contributed by atoms with van der Waals surface area (Å²) in [5.41, 5.74) is 0.801. The van der Waals surface area contributed by atoms with Gasteiger partial charge in [0.15, 0.2) is 11.6 Å². The van der Waals surface area contributed by atoms with Crippen molar-refractivity contribution in [2.75, 3.05) is 11.9 Å². The third kappa shape index (κ3) is 3.55. The molecule has 0 fully saturated rings. The lowest BCUT2D eigenvalue weighted by Crippen LogP contribution is -2.23. The SMILES string of the molecule is CC(C)NCc1ccnc(N(C)c2ccccc2F)c1F. The van der Waals surface area contributed by atoms with E-state index in [0.717, 1.165) is 0 Å². The van der Waals surface area contributed by atoms with E-state index in [0.29, 0.717) is 12.1 Å². The average Bonchev–Trinajstić information content (AvgIpc) is 2.46. The van der Waals surface area contributed by atoms with Gasteiger partial charge in [0.1, 0.15) is 5.82 Å². The van der Waals surface area contributed by atoms with Crippen molar-refractivity contribution in [2.45, 2.75) is 26.4 Å². The number of anilines is 2. The summed E-state index contributed by atoms with van der Waals surface area (Å²) in [6.45, 7) is 4.39. The summed E-state index contributed by atoms with van der Waals surface area (Å²) in [6, 6.07) is 8.12. The number of nitrogens with one attached hydrogen (secondary N) is 1. The van der Waals surface area contributed by atoms with Crippen LogP contribution in [0.2, 0.25) is 0 Å². The van der Waals surface area contributed by atoms with E-state index in [9.17, 15) is 8.78 Å². The van der Waals surface area contributed by atoms with Gasteiger partial charge in [-0.15, -0.1) is 0 Å². The van der Waals surface area contributed by atoms with Gasteiger partial charge in [-0.1, -0.05) is 26.0 Å². The molecular weight excluding hydrogens is 272 g/mol. The Bertz CT molecular complexity index is 614. The van der Waals surface area contributed by atoms with E-state index in [-0.39, 0.29) is 17.5 Å². The van der Waals surface area contributed by atoms with Gasteiger partial charge in [-0.3, -0.25) is 0 Å². The molecule has 5 heteroatoms. The fourth-order valence-electron chi connectivity index (χ4n) is 1.99. The van der Waals surface area contributed by atoms with E-state index >= 15 is 0 Å². The first-order valence-corrected chi connectivity index (χ1v) is 6.85. The van der Waals surface area contributed by atoms with E-state index in [1.807, 2.05) is 13.8 Å². The van der Waals surface area contributed by atoms with Crippen LogP contribution in [0.1, 0.15) is 19.4 Å². The van der Waals surface area contributed by atoms with Crippen LogP contribution in [0, 0.1) is 11.6 Å². The van der Waals surface area contributed by atoms with Crippen LogP contribution in [0.3, 0.4) is 0 Å². The van der Waals surface area contributed by atoms with Crippen molar-refractivity contribution in [3.05, 3.63) is 53.7 Å². The van der Waals surface area contributed by atoms with Crippen LogP contribution in [-0.2, 0) is 6.54 Å². The average molecular weight is 291 g/mol. The summed E-state index contributed by atoms with van der Waals surface area (Å²) in [4.78, 5) is 5.46. The van der Waals surface area contributed by atoms with Crippen molar-refractivity contribution in [3.63, 3.8) is 0 Å². The Kier molecular flexibility index (Phi) is 4.85. The van der Waals surface area contributed by atoms with Gasteiger partial charge < -0.3 is 10.2 Å². The molecule has 0 radical (unpaired) electrons. The zero-order valence-corrected chi connectivity index (χ0v) is 12.4. The van der Waals surface area contributed by atoms with Crippen LogP contribution < -0.4 is 10.2 Å². The minimum absolute atomic E-state index is 0.114. The van der Waals surface area contributed by atoms with E-state index in [4.69, 9.17) is 0 Å². The monoisotopic (exact) mass is 291 g/mol. The Morgan fingerprint density at radius 1 is 1.19 bits per heavy atom.